The van der Waals surface area contributed by atoms with Gasteiger partial charge in [0.1, 0.15) is 11.5 Å². The molecule has 2 aromatic carbocycles. The molecule has 1 N–H and O–H groups in total. The van der Waals surface area contributed by atoms with Crippen LogP contribution in [0.3, 0.4) is 0 Å². The van der Waals surface area contributed by atoms with Gasteiger partial charge in [-0.3, -0.25) is 0 Å². The Morgan fingerprint density at radius 2 is 2.00 bits per heavy atom. The van der Waals surface area contributed by atoms with E-state index in [2.05, 4.69) is 17.4 Å². The molecular weight excluding hydrogens is 286 g/mol. The molecular formula is C17H18ClNO2. The lowest BCUT2D eigenvalue weighted by Gasteiger charge is -2.10. The van der Waals surface area contributed by atoms with Crippen molar-refractivity contribution >= 4 is 11.6 Å². The molecule has 0 fully saturated rings. The van der Waals surface area contributed by atoms with Gasteiger partial charge in [-0.2, -0.15) is 0 Å². The number of ether oxygens (including phenoxy) is 2. The predicted molar refractivity (Wildman–Crippen MR) is 84.2 cm³/mol. The summed E-state index contributed by atoms with van der Waals surface area (Å²) in [6.45, 7) is 2.29. The minimum absolute atomic E-state index is 0.745. The molecule has 1 heterocycles. The maximum atomic E-state index is 6.16. The Kier molecular flexibility index (Phi) is 4.32. The van der Waals surface area contributed by atoms with Gasteiger partial charge in [0.05, 0.1) is 13.7 Å². The lowest BCUT2D eigenvalue weighted by molar-refractivity contribution is 0.352. The van der Waals surface area contributed by atoms with Crippen LogP contribution in [0.5, 0.6) is 11.5 Å². The summed E-state index contributed by atoms with van der Waals surface area (Å²) in [5, 5.41) is 4.21. The summed E-state index contributed by atoms with van der Waals surface area (Å²) >= 11 is 6.16. The second-order valence-corrected chi connectivity index (χ2v) is 5.54. The highest BCUT2D eigenvalue weighted by Gasteiger charge is 2.17. The third-order valence-electron chi connectivity index (χ3n) is 3.63. The van der Waals surface area contributed by atoms with Gasteiger partial charge in [0.25, 0.3) is 0 Å². The summed E-state index contributed by atoms with van der Waals surface area (Å²) in [6.07, 6.45) is 0.946. The van der Waals surface area contributed by atoms with E-state index in [4.69, 9.17) is 21.1 Å². The van der Waals surface area contributed by atoms with Crippen LogP contribution in [0.25, 0.3) is 0 Å². The Labute approximate surface area is 129 Å². The minimum Gasteiger partial charge on any atom is -0.497 e. The van der Waals surface area contributed by atoms with Crippen molar-refractivity contribution in [3.8, 4) is 11.5 Å². The van der Waals surface area contributed by atoms with Crippen molar-refractivity contribution in [2.24, 2.45) is 0 Å². The van der Waals surface area contributed by atoms with Crippen LogP contribution < -0.4 is 14.8 Å². The maximum Gasteiger partial charge on any atom is 0.127 e. The third-order valence-corrected chi connectivity index (χ3v) is 3.85. The van der Waals surface area contributed by atoms with Crippen LogP contribution in [0, 0.1) is 0 Å². The van der Waals surface area contributed by atoms with Crippen LogP contribution >= 0.6 is 11.6 Å². The zero-order valence-corrected chi connectivity index (χ0v) is 12.7. The van der Waals surface area contributed by atoms with E-state index in [1.165, 1.54) is 11.1 Å². The van der Waals surface area contributed by atoms with Gasteiger partial charge in [-0.15, -0.1) is 0 Å². The van der Waals surface area contributed by atoms with Gasteiger partial charge in [0, 0.05) is 30.1 Å². The van der Waals surface area contributed by atoms with E-state index in [0.717, 1.165) is 48.2 Å². The average molecular weight is 304 g/mol. The molecule has 0 bridgehead atoms. The van der Waals surface area contributed by atoms with Crippen LogP contribution in [0.15, 0.2) is 36.4 Å². The summed E-state index contributed by atoms with van der Waals surface area (Å²) in [7, 11) is 1.67. The molecule has 1 aliphatic heterocycles. The van der Waals surface area contributed by atoms with E-state index in [1.54, 1.807) is 7.11 Å². The first kappa shape index (κ1) is 14.2. The van der Waals surface area contributed by atoms with Gasteiger partial charge in [0.15, 0.2) is 0 Å². The zero-order valence-electron chi connectivity index (χ0n) is 12.0. The normalized spacial score (nSPS) is 12.9. The number of hydrogen-bond acceptors (Lipinski definition) is 3. The van der Waals surface area contributed by atoms with E-state index in [0.29, 0.717) is 0 Å². The highest BCUT2D eigenvalue weighted by atomic mass is 35.5. The quantitative estimate of drug-likeness (QED) is 0.916. The Bertz CT molecular complexity index is 625. The van der Waals surface area contributed by atoms with Crippen molar-refractivity contribution in [3.05, 3.63) is 58.1 Å². The molecule has 0 saturated carbocycles. The van der Waals surface area contributed by atoms with Gasteiger partial charge in [-0.1, -0.05) is 23.7 Å². The maximum absolute atomic E-state index is 6.16. The van der Waals surface area contributed by atoms with Gasteiger partial charge in [-0.05, 0) is 35.4 Å². The fourth-order valence-corrected chi connectivity index (χ4v) is 2.83. The van der Waals surface area contributed by atoms with Crippen LogP contribution in [0.2, 0.25) is 5.02 Å². The lowest BCUT2D eigenvalue weighted by atomic mass is 10.1. The highest BCUT2D eigenvalue weighted by Crippen LogP contribution is 2.32. The number of rotatable bonds is 5. The number of methoxy groups -OCH3 is 1. The van der Waals surface area contributed by atoms with E-state index in [9.17, 15) is 0 Å². The van der Waals surface area contributed by atoms with Crippen molar-refractivity contribution in [3.63, 3.8) is 0 Å². The lowest BCUT2D eigenvalue weighted by Crippen LogP contribution is -2.13. The molecule has 0 atom stereocenters. The fourth-order valence-electron chi connectivity index (χ4n) is 2.56. The van der Waals surface area contributed by atoms with Crippen molar-refractivity contribution in [1.82, 2.24) is 5.32 Å². The van der Waals surface area contributed by atoms with Gasteiger partial charge in [0.2, 0.25) is 0 Å². The predicted octanol–water partition coefficient (Wildman–Crippen LogP) is 3.57. The number of halogens is 1. The van der Waals surface area contributed by atoms with E-state index < -0.39 is 0 Å². The second kappa shape index (κ2) is 6.37. The number of fused-ring (bicyclic) bond motifs is 1. The Morgan fingerprint density at radius 1 is 1.19 bits per heavy atom. The summed E-state index contributed by atoms with van der Waals surface area (Å²) in [5.41, 5.74) is 3.56. The average Bonchev–Trinajstić information content (AvgIpc) is 2.96. The van der Waals surface area contributed by atoms with Gasteiger partial charge in [-0.25, -0.2) is 0 Å². The third kappa shape index (κ3) is 3.31. The number of hydrogen-bond donors (Lipinski definition) is 1. The smallest absolute Gasteiger partial charge is 0.127 e. The topological polar surface area (TPSA) is 30.5 Å². The van der Waals surface area contributed by atoms with Gasteiger partial charge >= 0.3 is 0 Å². The first-order valence-corrected chi connectivity index (χ1v) is 7.42. The van der Waals surface area contributed by atoms with Crippen LogP contribution in [-0.4, -0.2) is 13.7 Å². The summed E-state index contributed by atoms with van der Waals surface area (Å²) in [5.74, 6) is 1.88. The van der Waals surface area contributed by atoms with Crippen molar-refractivity contribution < 1.29 is 9.47 Å². The molecule has 0 amide bonds. The molecule has 0 aromatic heterocycles. The Balaban J connectivity index is 1.63. The van der Waals surface area contributed by atoms with E-state index in [1.807, 2.05) is 24.3 Å². The summed E-state index contributed by atoms with van der Waals surface area (Å²) in [4.78, 5) is 0. The number of benzene rings is 2. The molecule has 110 valence electrons. The molecule has 21 heavy (non-hydrogen) atoms. The summed E-state index contributed by atoms with van der Waals surface area (Å²) < 4.78 is 10.9. The second-order valence-electron chi connectivity index (χ2n) is 5.10. The van der Waals surface area contributed by atoms with Crippen molar-refractivity contribution in [1.29, 1.82) is 0 Å². The fraction of sp³-hybridized carbons (Fsp3) is 0.294. The SMILES string of the molecule is COc1ccc(CNCc2cc(Cl)cc3c2OCC3)cc1. The minimum atomic E-state index is 0.745. The molecule has 0 unspecified atom stereocenters. The molecule has 4 heteroatoms. The summed E-state index contributed by atoms with van der Waals surface area (Å²) in [6, 6.07) is 12.0. The monoisotopic (exact) mass is 303 g/mol. The van der Waals surface area contributed by atoms with Crippen LogP contribution in [0.1, 0.15) is 16.7 Å². The standard InChI is InChI=1S/C17H18ClNO2/c1-20-16-4-2-12(3-5-16)10-19-11-14-9-15(18)8-13-6-7-21-17(13)14/h2-5,8-9,19H,6-7,10-11H2,1H3. The molecule has 0 radical (unpaired) electrons. The largest absolute Gasteiger partial charge is 0.497 e. The van der Waals surface area contributed by atoms with E-state index in [-0.39, 0.29) is 0 Å². The van der Waals surface area contributed by atoms with Crippen molar-refractivity contribution in [2.75, 3.05) is 13.7 Å². The molecule has 3 nitrogen and oxygen atoms in total. The van der Waals surface area contributed by atoms with E-state index >= 15 is 0 Å². The first-order chi connectivity index (χ1) is 10.3. The molecule has 1 aliphatic rings. The molecule has 2 aromatic rings. The molecule has 0 saturated heterocycles. The van der Waals surface area contributed by atoms with Crippen LogP contribution in [-0.2, 0) is 19.5 Å². The molecule has 0 aliphatic carbocycles. The van der Waals surface area contributed by atoms with Crippen LogP contribution in [0.4, 0.5) is 0 Å². The van der Waals surface area contributed by atoms with Gasteiger partial charge < -0.3 is 14.8 Å². The van der Waals surface area contributed by atoms with Crippen molar-refractivity contribution in [2.45, 2.75) is 19.5 Å². The zero-order chi connectivity index (χ0) is 14.7. The Hall–Kier alpha value is -1.71. The molecule has 3 rings (SSSR count). The molecule has 0 spiro atoms. The highest BCUT2D eigenvalue weighted by molar-refractivity contribution is 6.30. The Morgan fingerprint density at radius 3 is 2.76 bits per heavy atom. The first-order valence-electron chi connectivity index (χ1n) is 7.04. The number of nitrogens with one attached hydrogen (secondary N) is 1.